The van der Waals surface area contributed by atoms with Gasteiger partial charge in [-0.05, 0) is 63.7 Å². The van der Waals surface area contributed by atoms with Gasteiger partial charge >= 0.3 is 0 Å². The van der Waals surface area contributed by atoms with E-state index in [9.17, 15) is 0 Å². The van der Waals surface area contributed by atoms with Crippen LogP contribution in [0.1, 0.15) is 44.9 Å². The highest BCUT2D eigenvalue weighted by molar-refractivity contribution is 4.73. The Morgan fingerprint density at radius 1 is 0.800 bits per heavy atom. The third-order valence-corrected chi connectivity index (χ3v) is 4.05. The molecule has 0 bridgehead atoms. The van der Waals surface area contributed by atoms with E-state index < -0.39 is 0 Å². The van der Waals surface area contributed by atoms with Crippen molar-refractivity contribution in [3.63, 3.8) is 0 Å². The summed E-state index contributed by atoms with van der Waals surface area (Å²) in [5.74, 6) is 1.93. The SMILES string of the molecule is C1CCC(CNCC2CCNCC2)CC1. The summed E-state index contributed by atoms with van der Waals surface area (Å²) in [5, 5.41) is 7.12. The molecule has 88 valence electrons. The third-order valence-electron chi connectivity index (χ3n) is 4.05. The fourth-order valence-corrected chi connectivity index (χ4v) is 2.97. The van der Waals surface area contributed by atoms with Crippen molar-refractivity contribution >= 4 is 0 Å². The van der Waals surface area contributed by atoms with Crippen molar-refractivity contribution in [1.29, 1.82) is 0 Å². The highest BCUT2D eigenvalue weighted by atomic mass is 14.9. The molecule has 1 saturated carbocycles. The molecule has 0 aromatic heterocycles. The molecule has 1 aliphatic heterocycles. The lowest BCUT2D eigenvalue weighted by molar-refractivity contribution is 0.311. The fourth-order valence-electron chi connectivity index (χ4n) is 2.97. The van der Waals surface area contributed by atoms with Crippen molar-refractivity contribution in [3.8, 4) is 0 Å². The predicted molar refractivity (Wildman–Crippen MR) is 65.0 cm³/mol. The molecule has 0 aromatic carbocycles. The molecule has 2 aliphatic rings. The van der Waals surface area contributed by atoms with Crippen LogP contribution in [0.4, 0.5) is 0 Å². The third kappa shape index (κ3) is 4.12. The van der Waals surface area contributed by atoms with Crippen LogP contribution in [0.2, 0.25) is 0 Å². The van der Waals surface area contributed by atoms with Gasteiger partial charge in [0.15, 0.2) is 0 Å². The maximum Gasteiger partial charge on any atom is -0.00195 e. The van der Waals surface area contributed by atoms with E-state index in [-0.39, 0.29) is 0 Å². The number of piperidine rings is 1. The van der Waals surface area contributed by atoms with Gasteiger partial charge in [-0.15, -0.1) is 0 Å². The summed E-state index contributed by atoms with van der Waals surface area (Å²) in [7, 11) is 0. The summed E-state index contributed by atoms with van der Waals surface area (Å²) in [6, 6.07) is 0. The molecular weight excluding hydrogens is 184 g/mol. The van der Waals surface area contributed by atoms with Crippen molar-refractivity contribution in [3.05, 3.63) is 0 Å². The first-order valence-electron chi connectivity index (χ1n) is 6.86. The Kier molecular flexibility index (Phi) is 4.94. The Morgan fingerprint density at radius 2 is 1.40 bits per heavy atom. The van der Waals surface area contributed by atoms with Gasteiger partial charge in [-0.25, -0.2) is 0 Å². The number of rotatable bonds is 4. The van der Waals surface area contributed by atoms with E-state index in [1.165, 1.54) is 71.1 Å². The van der Waals surface area contributed by atoms with Crippen LogP contribution in [-0.2, 0) is 0 Å². The molecule has 0 atom stereocenters. The van der Waals surface area contributed by atoms with E-state index in [1.54, 1.807) is 0 Å². The van der Waals surface area contributed by atoms with Gasteiger partial charge in [0.05, 0.1) is 0 Å². The Balaban J connectivity index is 1.53. The molecule has 0 aromatic rings. The fraction of sp³-hybridized carbons (Fsp3) is 1.00. The summed E-state index contributed by atoms with van der Waals surface area (Å²) < 4.78 is 0. The second-order valence-electron chi connectivity index (χ2n) is 5.36. The van der Waals surface area contributed by atoms with Gasteiger partial charge in [0.1, 0.15) is 0 Å². The van der Waals surface area contributed by atoms with Gasteiger partial charge in [-0.1, -0.05) is 19.3 Å². The van der Waals surface area contributed by atoms with Crippen LogP contribution in [0.5, 0.6) is 0 Å². The zero-order valence-electron chi connectivity index (χ0n) is 9.93. The minimum Gasteiger partial charge on any atom is -0.317 e. The second kappa shape index (κ2) is 6.49. The first-order valence-corrected chi connectivity index (χ1v) is 6.86. The van der Waals surface area contributed by atoms with Crippen molar-refractivity contribution in [2.24, 2.45) is 11.8 Å². The molecule has 1 heterocycles. The minimum absolute atomic E-state index is 0.940. The highest BCUT2D eigenvalue weighted by Gasteiger charge is 2.15. The summed E-state index contributed by atoms with van der Waals surface area (Å²) in [5.41, 5.74) is 0. The quantitative estimate of drug-likeness (QED) is 0.743. The van der Waals surface area contributed by atoms with E-state index in [1.807, 2.05) is 0 Å². The molecular formula is C13H26N2. The predicted octanol–water partition coefficient (Wildman–Crippen LogP) is 2.16. The smallest absolute Gasteiger partial charge is 0.00195 e. The van der Waals surface area contributed by atoms with Gasteiger partial charge in [-0.2, -0.15) is 0 Å². The lowest BCUT2D eigenvalue weighted by atomic mass is 9.89. The van der Waals surface area contributed by atoms with E-state index >= 15 is 0 Å². The molecule has 0 radical (unpaired) electrons. The molecule has 2 nitrogen and oxygen atoms in total. The van der Waals surface area contributed by atoms with Gasteiger partial charge in [0.25, 0.3) is 0 Å². The Bertz CT molecular complexity index is 140. The number of hydrogen-bond acceptors (Lipinski definition) is 2. The van der Waals surface area contributed by atoms with Gasteiger partial charge in [-0.3, -0.25) is 0 Å². The van der Waals surface area contributed by atoms with Crippen LogP contribution in [-0.4, -0.2) is 26.2 Å². The average molecular weight is 210 g/mol. The highest BCUT2D eigenvalue weighted by Crippen LogP contribution is 2.22. The Labute approximate surface area is 94.2 Å². The first kappa shape index (κ1) is 11.4. The monoisotopic (exact) mass is 210 g/mol. The lowest BCUT2D eigenvalue weighted by Gasteiger charge is -2.26. The number of hydrogen-bond donors (Lipinski definition) is 2. The van der Waals surface area contributed by atoms with Gasteiger partial charge in [0.2, 0.25) is 0 Å². The molecule has 0 spiro atoms. The molecule has 2 heteroatoms. The standard InChI is InChI=1S/C13H26N2/c1-2-4-12(5-3-1)10-15-11-13-6-8-14-9-7-13/h12-15H,1-11H2. The van der Waals surface area contributed by atoms with Crippen LogP contribution < -0.4 is 10.6 Å². The van der Waals surface area contributed by atoms with Crippen molar-refractivity contribution in [1.82, 2.24) is 10.6 Å². The molecule has 1 aliphatic carbocycles. The second-order valence-corrected chi connectivity index (χ2v) is 5.36. The van der Waals surface area contributed by atoms with Crippen molar-refractivity contribution < 1.29 is 0 Å². The number of nitrogens with one attached hydrogen (secondary N) is 2. The Morgan fingerprint density at radius 3 is 2.07 bits per heavy atom. The molecule has 2 N–H and O–H groups in total. The molecule has 15 heavy (non-hydrogen) atoms. The summed E-state index contributed by atoms with van der Waals surface area (Å²) in [6.45, 7) is 5.01. The van der Waals surface area contributed by atoms with Crippen molar-refractivity contribution in [2.75, 3.05) is 26.2 Å². The maximum absolute atomic E-state index is 3.70. The van der Waals surface area contributed by atoms with Gasteiger partial charge in [0, 0.05) is 0 Å². The molecule has 0 amide bonds. The zero-order chi connectivity index (χ0) is 10.3. The largest absolute Gasteiger partial charge is 0.317 e. The lowest BCUT2D eigenvalue weighted by Crippen LogP contribution is -2.35. The van der Waals surface area contributed by atoms with E-state index in [4.69, 9.17) is 0 Å². The van der Waals surface area contributed by atoms with Crippen molar-refractivity contribution in [2.45, 2.75) is 44.9 Å². The van der Waals surface area contributed by atoms with Gasteiger partial charge < -0.3 is 10.6 Å². The average Bonchev–Trinajstić information content (AvgIpc) is 2.32. The molecule has 2 rings (SSSR count). The van der Waals surface area contributed by atoms with Crippen LogP contribution in [0, 0.1) is 11.8 Å². The summed E-state index contributed by atoms with van der Waals surface area (Å²) in [4.78, 5) is 0. The zero-order valence-corrected chi connectivity index (χ0v) is 9.93. The van der Waals surface area contributed by atoms with E-state index in [2.05, 4.69) is 10.6 Å². The normalized spacial score (nSPS) is 25.6. The molecule has 2 fully saturated rings. The van der Waals surface area contributed by atoms with E-state index in [0.29, 0.717) is 0 Å². The first-order chi connectivity index (χ1) is 7.45. The molecule has 1 saturated heterocycles. The Hall–Kier alpha value is -0.0800. The van der Waals surface area contributed by atoms with Crippen LogP contribution in [0.15, 0.2) is 0 Å². The molecule has 0 unspecified atom stereocenters. The minimum atomic E-state index is 0.940. The van der Waals surface area contributed by atoms with Crippen LogP contribution >= 0.6 is 0 Å². The van der Waals surface area contributed by atoms with Crippen LogP contribution in [0.3, 0.4) is 0 Å². The topological polar surface area (TPSA) is 24.1 Å². The maximum atomic E-state index is 3.70. The van der Waals surface area contributed by atoms with Crippen LogP contribution in [0.25, 0.3) is 0 Å². The van der Waals surface area contributed by atoms with E-state index in [0.717, 1.165) is 11.8 Å². The summed E-state index contributed by atoms with van der Waals surface area (Å²) >= 11 is 0. The summed E-state index contributed by atoms with van der Waals surface area (Å²) in [6.07, 6.45) is 10.1.